The van der Waals surface area contributed by atoms with Crippen LogP contribution in [0.1, 0.15) is 37.8 Å². The van der Waals surface area contributed by atoms with Crippen LogP contribution in [0.3, 0.4) is 0 Å². The summed E-state index contributed by atoms with van der Waals surface area (Å²) in [5.74, 6) is -1.93. The summed E-state index contributed by atoms with van der Waals surface area (Å²) in [5, 5.41) is 2.97. The van der Waals surface area contributed by atoms with Crippen molar-refractivity contribution in [2.75, 3.05) is 33.3 Å². The number of rotatable bonds is 11. The molecule has 4 atom stereocenters. The Bertz CT molecular complexity index is 1300. The van der Waals surface area contributed by atoms with Crippen molar-refractivity contribution >= 4 is 25.2 Å². The Hall–Kier alpha value is -3.45. The predicted octanol–water partition coefficient (Wildman–Crippen LogP) is 1.92. The molecule has 208 valence electrons. The van der Waals surface area contributed by atoms with E-state index in [9.17, 15) is 23.7 Å². The van der Waals surface area contributed by atoms with E-state index in [1.165, 1.54) is 41.4 Å². The molecule has 1 unspecified atom stereocenters. The van der Waals surface area contributed by atoms with Gasteiger partial charge in [-0.1, -0.05) is 0 Å². The predicted molar refractivity (Wildman–Crippen MR) is 133 cm³/mol. The maximum atomic E-state index is 13.5. The van der Waals surface area contributed by atoms with E-state index in [4.69, 9.17) is 28.0 Å². The van der Waals surface area contributed by atoms with Gasteiger partial charge in [-0.3, -0.25) is 28.5 Å². The molecule has 2 N–H and O–H groups in total. The molecule has 38 heavy (non-hydrogen) atoms. The minimum Gasteiger partial charge on any atom is -0.497 e. The molecule has 1 fully saturated rings. The van der Waals surface area contributed by atoms with Crippen molar-refractivity contribution in [2.45, 2.75) is 44.5 Å². The number of ether oxygens (including phenoxy) is 4. The Morgan fingerprint density at radius 2 is 1.79 bits per heavy atom. The highest BCUT2D eigenvalue weighted by Crippen LogP contribution is 2.59. The maximum Gasteiger partial charge on any atom is 0.356 e. The minimum absolute atomic E-state index is 0.0136. The maximum absolute atomic E-state index is 13.5. The first-order chi connectivity index (χ1) is 18.0. The first-order valence-corrected chi connectivity index (χ1v) is 13.1. The molecule has 0 aliphatic carbocycles. The van der Waals surface area contributed by atoms with Crippen molar-refractivity contribution in [3.05, 3.63) is 56.9 Å². The number of hydrogen-bond acceptors (Lipinski definition) is 12. The van der Waals surface area contributed by atoms with Gasteiger partial charge in [0, 0.05) is 46.4 Å². The van der Waals surface area contributed by atoms with Crippen molar-refractivity contribution < 1.29 is 42.1 Å². The quantitative estimate of drug-likeness (QED) is 0.305. The van der Waals surface area contributed by atoms with E-state index in [1.807, 2.05) is 0 Å². The molecule has 1 aliphatic rings. The molecule has 2 heterocycles. The van der Waals surface area contributed by atoms with Gasteiger partial charge in [0.25, 0.3) is 5.56 Å². The molecule has 0 bridgehead atoms. The van der Waals surface area contributed by atoms with Crippen molar-refractivity contribution in [3.63, 3.8) is 0 Å². The molecular formula is C23H30N3O11P. The number of aromatic nitrogens is 2. The van der Waals surface area contributed by atoms with Gasteiger partial charge in [0.1, 0.15) is 30.8 Å². The fourth-order valence-electron chi connectivity index (χ4n) is 3.93. The van der Waals surface area contributed by atoms with Gasteiger partial charge < -0.3 is 33.3 Å². The van der Waals surface area contributed by atoms with Crippen molar-refractivity contribution in [1.29, 1.82) is 0 Å². The van der Waals surface area contributed by atoms with Crippen LogP contribution in [0.5, 0.6) is 5.75 Å². The number of anilines is 1. The van der Waals surface area contributed by atoms with E-state index in [1.54, 1.807) is 24.3 Å². The average molecular weight is 555 g/mol. The molecule has 0 amide bonds. The number of esters is 2. The smallest absolute Gasteiger partial charge is 0.356 e. The summed E-state index contributed by atoms with van der Waals surface area (Å²) in [6.45, 7) is 2.20. The summed E-state index contributed by atoms with van der Waals surface area (Å²) in [5.41, 5.74) is -1.36. The van der Waals surface area contributed by atoms with Crippen LogP contribution in [0.15, 0.2) is 40.1 Å². The lowest BCUT2D eigenvalue weighted by molar-refractivity contribution is -0.155. The van der Waals surface area contributed by atoms with Crippen molar-refractivity contribution in [1.82, 2.24) is 9.55 Å². The first kappa shape index (κ1) is 29.1. The largest absolute Gasteiger partial charge is 0.497 e. The monoisotopic (exact) mass is 555 g/mol. The fraction of sp³-hybridized carbons (Fsp3) is 0.478. The Morgan fingerprint density at radius 1 is 1.13 bits per heavy atom. The number of hydrogen-bond donors (Lipinski definition) is 2. The number of nitrogens with zero attached hydrogens (tertiary/aromatic N) is 1. The van der Waals surface area contributed by atoms with Gasteiger partial charge in [0.2, 0.25) is 0 Å². The number of carbonyl (C=O) groups is 2. The lowest BCUT2D eigenvalue weighted by Gasteiger charge is -2.26. The molecule has 1 aromatic carbocycles. The second-order valence-electron chi connectivity index (χ2n) is 8.25. The third kappa shape index (κ3) is 6.70. The van der Waals surface area contributed by atoms with Crippen LogP contribution >= 0.6 is 7.60 Å². The van der Waals surface area contributed by atoms with E-state index in [0.717, 1.165) is 4.57 Å². The number of carbonyl (C=O) groups excluding carboxylic acids is 2. The van der Waals surface area contributed by atoms with Gasteiger partial charge >= 0.3 is 25.2 Å². The summed E-state index contributed by atoms with van der Waals surface area (Å²) in [7, 11) is -0.161. The lowest BCUT2D eigenvalue weighted by atomic mass is 10.2. The molecular weight excluding hydrogens is 525 g/mol. The van der Waals surface area contributed by atoms with E-state index in [-0.39, 0.29) is 18.6 Å². The number of aromatic amines is 1. The summed E-state index contributed by atoms with van der Waals surface area (Å²) in [6, 6.07) is 6.57. The summed E-state index contributed by atoms with van der Waals surface area (Å²) < 4.78 is 46.2. The van der Waals surface area contributed by atoms with Gasteiger partial charge in [-0.15, -0.1) is 0 Å². The third-order valence-electron chi connectivity index (χ3n) is 5.77. The second kappa shape index (κ2) is 12.4. The molecule has 3 rings (SSSR count). The summed E-state index contributed by atoms with van der Waals surface area (Å²) in [4.78, 5) is 50.8. The van der Waals surface area contributed by atoms with Crippen LogP contribution in [0.25, 0.3) is 0 Å². The molecule has 1 aromatic heterocycles. The highest BCUT2D eigenvalue weighted by Gasteiger charge is 2.42. The van der Waals surface area contributed by atoms with Gasteiger partial charge in [-0.25, -0.2) is 4.79 Å². The van der Waals surface area contributed by atoms with E-state index in [0.29, 0.717) is 11.4 Å². The lowest BCUT2D eigenvalue weighted by Crippen LogP contribution is -2.36. The van der Waals surface area contributed by atoms with Crippen LogP contribution in [0, 0.1) is 0 Å². The van der Waals surface area contributed by atoms with E-state index >= 15 is 0 Å². The molecule has 15 heteroatoms. The summed E-state index contributed by atoms with van der Waals surface area (Å²) >= 11 is 0. The Balaban J connectivity index is 2.02. The zero-order valence-corrected chi connectivity index (χ0v) is 22.4. The van der Waals surface area contributed by atoms with Crippen molar-refractivity contribution in [3.8, 4) is 5.75 Å². The Labute approximate surface area is 217 Å². The zero-order valence-electron chi connectivity index (χ0n) is 21.5. The van der Waals surface area contributed by atoms with Crippen LogP contribution in [0.2, 0.25) is 0 Å². The molecule has 0 spiro atoms. The SMILES string of the molecule is COc1ccc(NC(c2cn([C@H]3C[C@H](OC(C)=O)[C@@H](COC(C)=O)O3)c(=O)[nH]c2=O)P(=O)(OC)OC)cc1. The van der Waals surface area contributed by atoms with Crippen LogP contribution in [-0.2, 0) is 37.4 Å². The standard InChI is InChI=1S/C23H30N3O11P/c1-13(27)35-12-19-18(36-14(2)28)10-20(37-19)26-11-17(21(29)25-23(26)30)22(38(31,33-4)34-5)24-15-6-8-16(32-3)9-7-15/h6-9,11,18-20,22,24H,10,12H2,1-5H3,(H,25,29,30)/t18-,19+,20+,22?/m0/s1. The zero-order chi connectivity index (χ0) is 28.0. The minimum atomic E-state index is -4.00. The van der Waals surface area contributed by atoms with Gasteiger partial charge in [-0.05, 0) is 24.3 Å². The summed E-state index contributed by atoms with van der Waals surface area (Å²) in [6.07, 6.45) is -1.53. The molecule has 0 saturated carbocycles. The average Bonchev–Trinajstić information content (AvgIpc) is 3.27. The van der Waals surface area contributed by atoms with Gasteiger partial charge in [0.05, 0.1) is 12.7 Å². The van der Waals surface area contributed by atoms with Crippen LogP contribution < -0.4 is 21.3 Å². The van der Waals surface area contributed by atoms with Crippen LogP contribution in [0.4, 0.5) is 5.69 Å². The molecule has 1 saturated heterocycles. The Morgan fingerprint density at radius 3 is 2.34 bits per heavy atom. The van der Waals surface area contributed by atoms with Crippen molar-refractivity contribution in [2.24, 2.45) is 0 Å². The second-order valence-corrected chi connectivity index (χ2v) is 10.6. The molecule has 14 nitrogen and oxygen atoms in total. The van der Waals surface area contributed by atoms with E-state index in [2.05, 4.69) is 10.3 Å². The van der Waals surface area contributed by atoms with Gasteiger partial charge in [0.15, 0.2) is 5.78 Å². The topological polar surface area (TPSA) is 173 Å². The van der Waals surface area contributed by atoms with Gasteiger partial charge in [-0.2, -0.15) is 0 Å². The fourth-order valence-corrected chi connectivity index (χ4v) is 5.33. The Kier molecular flexibility index (Phi) is 9.50. The number of benzene rings is 1. The third-order valence-corrected chi connectivity index (χ3v) is 7.83. The van der Waals surface area contributed by atoms with Crippen LogP contribution in [-0.4, -0.2) is 61.6 Å². The molecule has 2 aromatic rings. The highest BCUT2D eigenvalue weighted by atomic mass is 31.2. The number of H-pyrrole nitrogens is 1. The van der Waals surface area contributed by atoms with E-state index < -0.39 is 55.0 Å². The molecule has 0 radical (unpaired) electrons. The number of nitrogens with one attached hydrogen (secondary N) is 2. The highest BCUT2D eigenvalue weighted by molar-refractivity contribution is 7.54. The number of methoxy groups -OCH3 is 1. The molecule has 1 aliphatic heterocycles. The normalized spacial score (nSPS) is 20.0. The first-order valence-electron chi connectivity index (χ1n) is 11.4.